The van der Waals surface area contributed by atoms with Crippen LogP contribution in [0.15, 0.2) is 60.6 Å². The van der Waals surface area contributed by atoms with Crippen LogP contribution in [-0.4, -0.2) is 5.11 Å². The van der Waals surface area contributed by atoms with Gasteiger partial charge in [-0.2, -0.15) is 0 Å². The van der Waals surface area contributed by atoms with Crippen LogP contribution in [0.1, 0.15) is 0 Å². The van der Waals surface area contributed by atoms with Gasteiger partial charge in [0.2, 0.25) is 11.2 Å². The average molecular weight is 396 g/mol. The van der Waals surface area contributed by atoms with Gasteiger partial charge < -0.3 is 9.52 Å². The Kier molecular flexibility index (Phi) is 3.40. The largest absolute Gasteiger partial charge is 0.502 e. The molecule has 5 heteroatoms. The maximum atomic E-state index is 12.3. The summed E-state index contributed by atoms with van der Waals surface area (Å²) in [4.78, 5) is 12.3. The van der Waals surface area contributed by atoms with Crippen LogP contribution in [0.25, 0.3) is 22.3 Å². The molecule has 0 aliphatic heterocycles. The van der Waals surface area contributed by atoms with Crippen LogP contribution >= 0.6 is 31.9 Å². The minimum absolute atomic E-state index is 0.178. The molecule has 0 aliphatic rings. The lowest BCUT2D eigenvalue weighted by Crippen LogP contribution is -2.03. The van der Waals surface area contributed by atoms with Crippen molar-refractivity contribution in [1.82, 2.24) is 0 Å². The lowest BCUT2D eigenvalue weighted by atomic mass is 10.1. The fraction of sp³-hybridized carbons (Fsp3) is 0. The Morgan fingerprint density at radius 1 is 1.00 bits per heavy atom. The molecular formula is C15H8Br2O3. The first-order valence-corrected chi connectivity index (χ1v) is 7.37. The molecule has 2 aromatic carbocycles. The summed E-state index contributed by atoms with van der Waals surface area (Å²) in [6, 6.07) is 12.5. The number of hydrogen-bond donors (Lipinski definition) is 1. The van der Waals surface area contributed by atoms with Gasteiger partial charge in [-0.05, 0) is 44.0 Å². The molecule has 0 unspecified atom stereocenters. The Balaban J connectivity index is 2.42. The number of halogens is 2. The third-order valence-electron chi connectivity index (χ3n) is 2.96. The molecule has 0 spiro atoms. The van der Waals surface area contributed by atoms with Crippen molar-refractivity contribution in [3.05, 3.63) is 61.6 Å². The van der Waals surface area contributed by atoms with E-state index in [1.807, 2.05) is 18.2 Å². The van der Waals surface area contributed by atoms with Gasteiger partial charge in [0.05, 0.1) is 5.39 Å². The molecule has 0 amide bonds. The molecule has 0 fully saturated rings. The average Bonchev–Trinajstić information content (AvgIpc) is 2.47. The van der Waals surface area contributed by atoms with Crippen LogP contribution in [0.2, 0.25) is 0 Å². The van der Waals surface area contributed by atoms with Crippen molar-refractivity contribution in [2.75, 3.05) is 0 Å². The standard InChI is InChI=1S/C15H8Br2O3/c16-9-6-7-10-11(12(9)17)13(18)14(19)15(20-10)8-4-2-1-3-5-8/h1-7,19H. The second-order valence-electron chi connectivity index (χ2n) is 4.21. The highest BCUT2D eigenvalue weighted by Gasteiger charge is 2.17. The maximum Gasteiger partial charge on any atom is 0.236 e. The molecule has 0 atom stereocenters. The number of aromatic hydroxyl groups is 1. The summed E-state index contributed by atoms with van der Waals surface area (Å²) in [5.74, 6) is -0.208. The minimum atomic E-state index is -0.460. The van der Waals surface area contributed by atoms with Crippen molar-refractivity contribution in [2.45, 2.75) is 0 Å². The van der Waals surface area contributed by atoms with E-state index in [0.717, 1.165) is 4.47 Å². The van der Waals surface area contributed by atoms with E-state index in [-0.39, 0.29) is 11.5 Å². The van der Waals surface area contributed by atoms with Gasteiger partial charge in [-0.15, -0.1) is 0 Å². The van der Waals surface area contributed by atoms with Gasteiger partial charge >= 0.3 is 0 Å². The molecule has 20 heavy (non-hydrogen) atoms. The number of hydrogen-bond acceptors (Lipinski definition) is 3. The van der Waals surface area contributed by atoms with Gasteiger partial charge in [0.25, 0.3) is 0 Å². The van der Waals surface area contributed by atoms with Gasteiger partial charge in [0.15, 0.2) is 5.76 Å². The van der Waals surface area contributed by atoms with Crippen molar-refractivity contribution < 1.29 is 9.52 Å². The molecule has 0 saturated heterocycles. The van der Waals surface area contributed by atoms with Crippen LogP contribution in [0.3, 0.4) is 0 Å². The molecular weight excluding hydrogens is 388 g/mol. The molecule has 0 bridgehead atoms. The fourth-order valence-corrected chi connectivity index (χ4v) is 2.83. The second kappa shape index (κ2) is 5.07. The number of fused-ring (bicyclic) bond motifs is 1. The molecule has 1 N–H and O–H groups in total. The van der Waals surface area contributed by atoms with Crippen LogP contribution in [-0.2, 0) is 0 Å². The van der Waals surface area contributed by atoms with E-state index in [4.69, 9.17) is 4.42 Å². The highest BCUT2D eigenvalue weighted by Crippen LogP contribution is 2.35. The predicted octanol–water partition coefficient (Wildman–Crippen LogP) is 4.69. The van der Waals surface area contributed by atoms with Gasteiger partial charge in [-0.3, -0.25) is 4.79 Å². The Morgan fingerprint density at radius 3 is 2.40 bits per heavy atom. The lowest BCUT2D eigenvalue weighted by molar-refractivity contribution is 0.449. The van der Waals surface area contributed by atoms with E-state index < -0.39 is 5.43 Å². The predicted molar refractivity (Wildman–Crippen MR) is 85.0 cm³/mol. The normalized spacial score (nSPS) is 10.9. The fourth-order valence-electron chi connectivity index (χ4n) is 1.99. The molecule has 1 aromatic heterocycles. The number of rotatable bonds is 1. The highest BCUT2D eigenvalue weighted by atomic mass is 79.9. The Morgan fingerprint density at radius 2 is 1.70 bits per heavy atom. The summed E-state index contributed by atoms with van der Waals surface area (Å²) >= 11 is 6.66. The topological polar surface area (TPSA) is 50.4 Å². The first-order valence-electron chi connectivity index (χ1n) is 5.79. The summed E-state index contributed by atoms with van der Waals surface area (Å²) in [7, 11) is 0. The van der Waals surface area contributed by atoms with E-state index >= 15 is 0 Å². The summed E-state index contributed by atoms with van der Waals surface area (Å²) in [5.41, 5.74) is 0.614. The van der Waals surface area contributed by atoms with Gasteiger partial charge in [0, 0.05) is 14.5 Å². The number of benzene rings is 2. The quantitative estimate of drug-likeness (QED) is 0.650. The zero-order chi connectivity index (χ0) is 14.3. The Labute approximate surface area is 131 Å². The monoisotopic (exact) mass is 394 g/mol. The Hall–Kier alpha value is -1.59. The molecule has 0 saturated carbocycles. The summed E-state index contributed by atoms with van der Waals surface area (Å²) in [6.07, 6.45) is 0. The van der Waals surface area contributed by atoms with Crippen molar-refractivity contribution in [1.29, 1.82) is 0 Å². The molecule has 100 valence electrons. The van der Waals surface area contributed by atoms with Gasteiger partial charge in [-0.25, -0.2) is 0 Å². The van der Waals surface area contributed by atoms with Crippen molar-refractivity contribution in [3.63, 3.8) is 0 Å². The summed E-state index contributed by atoms with van der Waals surface area (Å²) < 4.78 is 6.99. The van der Waals surface area contributed by atoms with Crippen molar-refractivity contribution in [3.8, 4) is 17.1 Å². The van der Waals surface area contributed by atoms with Crippen LogP contribution in [0.5, 0.6) is 5.75 Å². The lowest BCUT2D eigenvalue weighted by Gasteiger charge is -2.07. The molecule has 3 aromatic rings. The van der Waals surface area contributed by atoms with E-state index in [2.05, 4.69) is 31.9 Å². The highest BCUT2D eigenvalue weighted by molar-refractivity contribution is 9.13. The van der Waals surface area contributed by atoms with E-state index in [1.54, 1.807) is 24.3 Å². The van der Waals surface area contributed by atoms with Gasteiger partial charge in [0.1, 0.15) is 5.58 Å². The third kappa shape index (κ3) is 2.07. The van der Waals surface area contributed by atoms with Crippen molar-refractivity contribution in [2.24, 2.45) is 0 Å². The van der Waals surface area contributed by atoms with E-state index in [0.29, 0.717) is 21.0 Å². The van der Waals surface area contributed by atoms with E-state index in [1.165, 1.54) is 0 Å². The van der Waals surface area contributed by atoms with Crippen LogP contribution in [0.4, 0.5) is 0 Å². The molecule has 3 rings (SSSR count). The molecule has 3 nitrogen and oxygen atoms in total. The zero-order valence-electron chi connectivity index (χ0n) is 10.1. The van der Waals surface area contributed by atoms with Crippen LogP contribution < -0.4 is 5.43 Å². The first kappa shape index (κ1) is 13.4. The zero-order valence-corrected chi connectivity index (χ0v) is 13.2. The van der Waals surface area contributed by atoms with Crippen LogP contribution in [0, 0.1) is 0 Å². The summed E-state index contributed by atoms with van der Waals surface area (Å²) in [6.45, 7) is 0. The molecule has 0 aliphatic carbocycles. The molecule has 0 radical (unpaired) electrons. The summed E-state index contributed by atoms with van der Waals surface area (Å²) in [5, 5.41) is 10.4. The first-order chi connectivity index (χ1) is 9.59. The third-order valence-corrected chi connectivity index (χ3v) is 4.98. The molecule has 1 heterocycles. The van der Waals surface area contributed by atoms with E-state index in [9.17, 15) is 9.90 Å². The van der Waals surface area contributed by atoms with Gasteiger partial charge in [-0.1, -0.05) is 30.3 Å². The smallest absolute Gasteiger partial charge is 0.236 e. The SMILES string of the molecule is O=c1c(O)c(-c2ccccc2)oc2ccc(Br)c(Br)c12. The second-order valence-corrected chi connectivity index (χ2v) is 5.86. The Bertz CT molecular complexity index is 854. The minimum Gasteiger partial charge on any atom is -0.502 e. The maximum absolute atomic E-state index is 12.3. The van der Waals surface area contributed by atoms with Crippen molar-refractivity contribution >= 4 is 42.8 Å².